The fourth-order valence-electron chi connectivity index (χ4n) is 3.88. The molecule has 3 heteroatoms. The van der Waals surface area contributed by atoms with Crippen LogP contribution in [-0.2, 0) is 0 Å². The van der Waals surface area contributed by atoms with Crippen molar-refractivity contribution in [2.45, 2.75) is 85.7 Å². The van der Waals surface area contributed by atoms with Crippen LogP contribution in [0.25, 0.3) is 0 Å². The van der Waals surface area contributed by atoms with Gasteiger partial charge in [0.1, 0.15) is 5.76 Å². The molecule has 0 aliphatic heterocycles. The first-order chi connectivity index (χ1) is 9.85. The van der Waals surface area contributed by atoms with E-state index in [1.54, 1.807) is 0 Å². The minimum atomic E-state index is 0.331. The molecule has 0 bridgehead atoms. The van der Waals surface area contributed by atoms with Gasteiger partial charge >= 0.3 is 0 Å². The molecule has 1 saturated carbocycles. The van der Waals surface area contributed by atoms with Crippen molar-refractivity contribution < 1.29 is 4.52 Å². The molecule has 1 aromatic heterocycles. The largest absolute Gasteiger partial charge is 0.361 e. The zero-order valence-electron chi connectivity index (χ0n) is 14.6. The van der Waals surface area contributed by atoms with Crippen molar-refractivity contribution in [2.75, 3.05) is 0 Å². The van der Waals surface area contributed by atoms with Gasteiger partial charge in [-0.2, -0.15) is 0 Å². The van der Waals surface area contributed by atoms with Gasteiger partial charge in [-0.05, 0) is 57.8 Å². The molecule has 1 unspecified atom stereocenters. The Kier molecular flexibility index (Phi) is 5.13. The molecule has 2 rings (SSSR count). The second-order valence-electron chi connectivity index (χ2n) is 7.52. The molecule has 0 amide bonds. The zero-order chi connectivity index (χ0) is 15.6. The average Bonchev–Trinajstić information content (AvgIpc) is 2.78. The highest BCUT2D eigenvalue weighted by atomic mass is 16.5. The number of hydrogen-bond acceptors (Lipinski definition) is 3. The molecule has 0 aromatic carbocycles. The van der Waals surface area contributed by atoms with Crippen molar-refractivity contribution in [2.24, 2.45) is 11.3 Å². The van der Waals surface area contributed by atoms with Crippen molar-refractivity contribution >= 4 is 0 Å². The Hall–Kier alpha value is -0.830. The summed E-state index contributed by atoms with van der Waals surface area (Å²) in [6, 6.07) is 0.967. The highest BCUT2D eigenvalue weighted by Crippen LogP contribution is 2.40. The van der Waals surface area contributed by atoms with Crippen LogP contribution in [0.3, 0.4) is 0 Å². The van der Waals surface area contributed by atoms with Crippen LogP contribution in [0.4, 0.5) is 0 Å². The molecular weight excluding hydrogens is 260 g/mol. The number of rotatable bonds is 5. The molecular formula is C18H32N2O. The van der Waals surface area contributed by atoms with Gasteiger partial charge in [0, 0.05) is 17.6 Å². The summed E-state index contributed by atoms with van der Waals surface area (Å²) in [6.07, 6.45) is 6.58. The highest BCUT2D eigenvalue weighted by Gasteiger charge is 2.32. The van der Waals surface area contributed by atoms with E-state index in [9.17, 15) is 0 Å². The first-order valence-corrected chi connectivity index (χ1v) is 8.54. The predicted octanol–water partition coefficient (Wildman–Crippen LogP) is 4.94. The van der Waals surface area contributed by atoms with Gasteiger partial charge < -0.3 is 9.84 Å². The average molecular weight is 292 g/mol. The van der Waals surface area contributed by atoms with Gasteiger partial charge in [0.25, 0.3) is 0 Å². The molecule has 1 heterocycles. The van der Waals surface area contributed by atoms with E-state index in [4.69, 9.17) is 4.52 Å². The normalized spacial score (nSPS) is 25.0. The molecule has 1 fully saturated rings. The van der Waals surface area contributed by atoms with Crippen molar-refractivity contribution in [3.63, 3.8) is 0 Å². The lowest BCUT2D eigenvalue weighted by molar-refractivity contribution is 0.134. The summed E-state index contributed by atoms with van der Waals surface area (Å²) in [6.45, 7) is 13.5. The van der Waals surface area contributed by atoms with E-state index in [0.717, 1.165) is 17.4 Å². The molecule has 3 nitrogen and oxygen atoms in total. The van der Waals surface area contributed by atoms with Crippen molar-refractivity contribution in [3.8, 4) is 0 Å². The van der Waals surface area contributed by atoms with Gasteiger partial charge in [0.15, 0.2) is 0 Å². The van der Waals surface area contributed by atoms with E-state index in [1.165, 1.54) is 37.7 Å². The third-order valence-corrected chi connectivity index (χ3v) is 5.75. The Labute approximate surface area is 129 Å². The Morgan fingerprint density at radius 2 is 1.86 bits per heavy atom. The molecule has 1 atom stereocenters. The number of nitrogens with one attached hydrogen (secondary N) is 1. The van der Waals surface area contributed by atoms with Crippen LogP contribution >= 0.6 is 0 Å². The molecule has 21 heavy (non-hydrogen) atoms. The van der Waals surface area contributed by atoms with E-state index in [0.29, 0.717) is 17.5 Å². The Morgan fingerprint density at radius 3 is 2.33 bits per heavy atom. The summed E-state index contributed by atoms with van der Waals surface area (Å²) in [7, 11) is 0. The summed E-state index contributed by atoms with van der Waals surface area (Å²) in [5.74, 6) is 1.84. The van der Waals surface area contributed by atoms with Gasteiger partial charge in [0.05, 0.1) is 5.69 Å². The van der Waals surface area contributed by atoms with E-state index >= 15 is 0 Å². The van der Waals surface area contributed by atoms with Crippen LogP contribution in [0.2, 0.25) is 0 Å². The quantitative estimate of drug-likeness (QED) is 0.835. The molecule has 1 aromatic rings. The molecule has 0 spiro atoms. The minimum absolute atomic E-state index is 0.331. The first kappa shape index (κ1) is 16.5. The molecule has 0 radical (unpaired) electrons. The lowest BCUT2D eigenvalue weighted by atomic mass is 9.69. The van der Waals surface area contributed by atoms with Gasteiger partial charge in [-0.15, -0.1) is 0 Å². The maximum absolute atomic E-state index is 5.29. The Morgan fingerprint density at radius 1 is 1.24 bits per heavy atom. The van der Waals surface area contributed by atoms with Crippen molar-refractivity contribution in [1.29, 1.82) is 0 Å². The number of hydrogen-bond donors (Lipinski definition) is 1. The molecule has 1 aliphatic carbocycles. The van der Waals surface area contributed by atoms with Gasteiger partial charge in [0.2, 0.25) is 0 Å². The van der Waals surface area contributed by atoms with Crippen molar-refractivity contribution in [1.82, 2.24) is 10.5 Å². The third kappa shape index (κ3) is 3.68. The number of aryl methyl sites for hydroxylation is 2. The molecule has 0 saturated heterocycles. The monoisotopic (exact) mass is 292 g/mol. The van der Waals surface area contributed by atoms with Crippen LogP contribution in [0.15, 0.2) is 4.52 Å². The summed E-state index contributed by atoms with van der Waals surface area (Å²) < 4.78 is 5.29. The van der Waals surface area contributed by atoms with Gasteiger partial charge in [-0.3, -0.25) is 0 Å². The smallest absolute Gasteiger partial charge is 0.138 e. The zero-order valence-corrected chi connectivity index (χ0v) is 14.6. The number of aromatic nitrogens is 1. The number of nitrogens with zero attached hydrogens (tertiary/aromatic N) is 1. The molecule has 1 aliphatic rings. The van der Waals surface area contributed by atoms with E-state index in [-0.39, 0.29) is 0 Å². The Balaban J connectivity index is 1.89. The van der Waals surface area contributed by atoms with Crippen LogP contribution in [0, 0.1) is 25.2 Å². The predicted molar refractivity (Wildman–Crippen MR) is 87.3 cm³/mol. The van der Waals surface area contributed by atoms with E-state index in [1.807, 2.05) is 13.8 Å². The summed E-state index contributed by atoms with van der Waals surface area (Å²) in [4.78, 5) is 0. The summed E-state index contributed by atoms with van der Waals surface area (Å²) in [5.41, 5.74) is 2.76. The van der Waals surface area contributed by atoms with Crippen molar-refractivity contribution in [3.05, 3.63) is 17.0 Å². The standard InChI is InChI=1S/C18H32N2O/c1-7-18(5,6)15-8-10-16(11-9-15)19-12(2)17-13(3)20-21-14(17)4/h12,15-16,19H,7-11H2,1-6H3. The van der Waals surface area contributed by atoms with Crippen LogP contribution in [0.5, 0.6) is 0 Å². The van der Waals surface area contributed by atoms with E-state index in [2.05, 4.69) is 38.2 Å². The summed E-state index contributed by atoms with van der Waals surface area (Å²) in [5, 5.41) is 7.86. The lowest BCUT2D eigenvalue weighted by Gasteiger charge is -2.39. The Bertz CT molecular complexity index is 436. The maximum Gasteiger partial charge on any atom is 0.138 e. The van der Waals surface area contributed by atoms with Crippen LogP contribution in [-0.4, -0.2) is 11.2 Å². The van der Waals surface area contributed by atoms with Gasteiger partial charge in [-0.1, -0.05) is 32.3 Å². The molecule has 1 N–H and O–H groups in total. The third-order valence-electron chi connectivity index (χ3n) is 5.75. The SMILES string of the molecule is CCC(C)(C)C1CCC(NC(C)c2c(C)noc2C)CC1. The minimum Gasteiger partial charge on any atom is -0.361 e. The van der Waals surface area contributed by atoms with Gasteiger partial charge in [-0.25, -0.2) is 0 Å². The second kappa shape index (κ2) is 6.51. The lowest BCUT2D eigenvalue weighted by Crippen LogP contribution is -2.38. The fraction of sp³-hybridized carbons (Fsp3) is 0.833. The molecule has 120 valence electrons. The second-order valence-corrected chi connectivity index (χ2v) is 7.52. The highest BCUT2D eigenvalue weighted by molar-refractivity contribution is 5.24. The summed E-state index contributed by atoms with van der Waals surface area (Å²) >= 11 is 0. The van der Waals surface area contributed by atoms with Crippen LogP contribution < -0.4 is 5.32 Å². The van der Waals surface area contributed by atoms with Crippen LogP contribution in [0.1, 0.15) is 82.9 Å². The maximum atomic E-state index is 5.29. The topological polar surface area (TPSA) is 38.1 Å². The van der Waals surface area contributed by atoms with E-state index < -0.39 is 0 Å². The first-order valence-electron chi connectivity index (χ1n) is 8.54. The fourth-order valence-corrected chi connectivity index (χ4v) is 3.88.